The number of anilines is 3. The number of benzene rings is 1. The predicted octanol–water partition coefficient (Wildman–Crippen LogP) is 2.91. The number of rotatable bonds is 4. The summed E-state index contributed by atoms with van der Waals surface area (Å²) in [7, 11) is 0. The van der Waals surface area contributed by atoms with Crippen molar-refractivity contribution in [1.29, 1.82) is 0 Å². The van der Waals surface area contributed by atoms with E-state index in [1.165, 1.54) is 18.5 Å². The summed E-state index contributed by atoms with van der Waals surface area (Å²) < 4.78 is 34.1. The second kappa shape index (κ2) is 8.64. The number of halogens is 2. The van der Waals surface area contributed by atoms with E-state index in [1.807, 2.05) is 4.90 Å². The Bertz CT molecular complexity index is 1280. The van der Waals surface area contributed by atoms with Crippen molar-refractivity contribution in [2.75, 3.05) is 42.9 Å². The molecule has 0 bridgehead atoms. The molecule has 0 radical (unpaired) electrons. The Kier molecular flexibility index (Phi) is 5.39. The van der Waals surface area contributed by atoms with E-state index in [0.29, 0.717) is 48.5 Å². The maximum Gasteiger partial charge on any atom is 0.255 e. The van der Waals surface area contributed by atoms with E-state index in [9.17, 15) is 8.78 Å². The Morgan fingerprint density at radius 2 is 1.97 bits per heavy atom. The lowest BCUT2D eigenvalue weighted by Crippen LogP contribution is -2.46. The van der Waals surface area contributed by atoms with E-state index in [0.717, 1.165) is 19.2 Å². The molecule has 1 N–H and O–H groups in total. The van der Waals surface area contributed by atoms with Gasteiger partial charge in [0.15, 0.2) is 5.88 Å². The van der Waals surface area contributed by atoms with Crippen molar-refractivity contribution in [2.45, 2.75) is 0 Å². The van der Waals surface area contributed by atoms with Gasteiger partial charge in [-0.05, 0) is 24.1 Å². The molecule has 0 spiro atoms. The zero-order chi connectivity index (χ0) is 21.9. The molecule has 162 valence electrons. The summed E-state index contributed by atoms with van der Waals surface area (Å²) >= 11 is 0. The van der Waals surface area contributed by atoms with Crippen LogP contribution in [-0.2, 0) is 0 Å². The van der Waals surface area contributed by atoms with Gasteiger partial charge in [0, 0.05) is 44.4 Å². The summed E-state index contributed by atoms with van der Waals surface area (Å²) in [5.41, 5.74) is 0.992. The molecule has 4 heterocycles. The van der Waals surface area contributed by atoms with E-state index >= 15 is 0 Å². The summed E-state index contributed by atoms with van der Waals surface area (Å²) in [6.45, 7) is 3.30. The van der Waals surface area contributed by atoms with E-state index in [2.05, 4.69) is 37.1 Å². The molecule has 0 unspecified atom stereocenters. The first-order valence-electron chi connectivity index (χ1n) is 10.1. The van der Waals surface area contributed by atoms with E-state index in [-0.39, 0.29) is 0 Å². The fraction of sp³-hybridized carbons (Fsp3) is 0.227. The lowest BCUT2D eigenvalue weighted by molar-refractivity contribution is 0.287. The van der Waals surface area contributed by atoms with Gasteiger partial charge in [0.05, 0.1) is 18.5 Å². The van der Waals surface area contributed by atoms with Gasteiger partial charge in [-0.3, -0.25) is 4.90 Å². The summed E-state index contributed by atoms with van der Waals surface area (Å²) in [4.78, 5) is 12.7. The highest BCUT2D eigenvalue weighted by molar-refractivity contribution is 5.56. The Morgan fingerprint density at radius 1 is 1.09 bits per heavy atom. The Balaban J connectivity index is 1.24. The minimum atomic E-state index is -0.569. The summed E-state index contributed by atoms with van der Waals surface area (Å²) in [5, 5.41) is 7.31. The van der Waals surface area contributed by atoms with Crippen LogP contribution in [0.15, 0.2) is 53.4 Å². The Morgan fingerprint density at radius 3 is 2.75 bits per heavy atom. The van der Waals surface area contributed by atoms with Crippen molar-refractivity contribution in [1.82, 2.24) is 24.5 Å². The third kappa shape index (κ3) is 4.24. The van der Waals surface area contributed by atoms with Crippen LogP contribution in [0, 0.1) is 23.5 Å². The molecular weight excluding hydrogens is 416 g/mol. The molecule has 1 aliphatic rings. The van der Waals surface area contributed by atoms with Crippen LogP contribution in [0.2, 0.25) is 0 Å². The largest absolute Gasteiger partial charge is 0.449 e. The summed E-state index contributed by atoms with van der Waals surface area (Å²) in [5.74, 6) is 6.77. The number of hydrogen-bond donors (Lipinski definition) is 1. The smallest absolute Gasteiger partial charge is 0.255 e. The molecule has 0 atom stereocenters. The van der Waals surface area contributed by atoms with Crippen LogP contribution in [0.4, 0.5) is 26.2 Å². The molecular formula is C22H19F2N7O. The standard InChI is InChI=1S/C22H19F2N7O/c23-16-5-6-19(18(24)13-16)30-10-8-29(9-11-30)7-1-3-17-14-20(28-21-4-2-12-32-21)31-22(27-17)25-15-26-31/h2,4-6,12-15,28H,7-11H2. The van der Waals surface area contributed by atoms with E-state index in [4.69, 9.17) is 4.42 Å². The Hall–Kier alpha value is -3.97. The molecule has 0 saturated carbocycles. The molecule has 1 saturated heterocycles. The highest BCUT2D eigenvalue weighted by atomic mass is 19.1. The average Bonchev–Trinajstić information content (AvgIpc) is 3.47. The number of fused-ring (bicyclic) bond motifs is 1. The van der Waals surface area contributed by atoms with Gasteiger partial charge in [-0.2, -0.15) is 14.6 Å². The lowest BCUT2D eigenvalue weighted by Gasteiger charge is -2.35. The quantitative estimate of drug-likeness (QED) is 0.494. The molecule has 4 aromatic rings. The first-order chi connectivity index (χ1) is 15.7. The van der Waals surface area contributed by atoms with Crippen molar-refractivity contribution in [2.24, 2.45) is 0 Å². The number of piperazine rings is 1. The maximum atomic E-state index is 14.0. The zero-order valence-corrected chi connectivity index (χ0v) is 17.0. The van der Waals surface area contributed by atoms with Crippen molar-refractivity contribution >= 4 is 23.2 Å². The maximum absolute atomic E-state index is 14.0. The van der Waals surface area contributed by atoms with Crippen LogP contribution in [0.5, 0.6) is 0 Å². The average molecular weight is 435 g/mol. The van der Waals surface area contributed by atoms with Crippen LogP contribution in [0.3, 0.4) is 0 Å². The number of nitrogens with one attached hydrogen (secondary N) is 1. The number of nitrogens with zero attached hydrogens (tertiary/aromatic N) is 6. The molecule has 32 heavy (non-hydrogen) atoms. The second-order valence-corrected chi connectivity index (χ2v) is 7.26. The highest BCUT2D eigenvalue weighted by Gasteiger charge is 2.19. The lowest BCUT2D eigenvalue weighted by atomic mass is 10.2. The number of hydrogen-bond acceptors (Lipinski definition) is 7. The third-order valence-corrected chi connectivity index (χ3v) is 5.17. The van der Waals surface area contributed by atoms with Crippen LogP contribution < -0.4 is 10.2 Å². The highest BCUT2D eigenvalue weighted by Crippen LogP contribution is 2.21. The number of aromatic nitrogens is 4. The van der Waals surface area contributed by atoms with Crippen LogP contribution in [0.1, 0.15) is 5.69 Å². The van der Waals surface area contributed by atoms with Gasteiger partial charge in [0.2, 0.25) is 0 Å². The minimum Gasteiger partial charge on any atom is -0.449 e. The zero-order valence-electron chi connectivity index (χ0n) is 17.0. The first kappa shape index (κ1) is 20.0. The Labute approximate surface area is 182 Å². The van der Waals surface area contributed by atoms with Gasteiger partial charge >= 0.3 is 0 Å². The second-order valence-electron chi connectivity index (χ2n) is 7.26. The molecule has 10 heteroatoms. The molecule has 1 fully saturated rings. The number of furan rings is 1. The van der Waals surface area contributed by atoms with Gasteiger partial charge in [-0.1, -0.05) is 5.92 Å². The third-order valence-electron chi connectivity index (χ3n) is 5.17. The van der Waals surface area contributed by atoms with Gasteiger partial charge in [-0.25, -0.2) is 13.8 Å². The van der Waals surface area contributed by atoms with Gasteiger partial charge < -0.3 is 14.6 Å². The van der Waals surface area contributed by atoms with Crippen LogP contribution >= 0.6 is 0 Å². The van der Waals surface area contributed by atoms with Crippen molar-refractivity contribution in [3.05, 3.63) is 66.3 Å². The monoisotopic (exact) mass is 435 g/mol. The van der Waals surface area contributed by atoms with Crippen molar-refractivity contribution in [3.63, 3.8) is 0 Å². The normalized spacial score (nSPS) is 14.4. The molecule has 0 aliphatic carbocycles. The molecule has 0 amide bonds. The SMILES string of the molecule is Fc1ccc(N2CCN(CC#Cc3cc(Nc4ccco4)n4ncnc4n3)CC2)c(F)c1. The topological polar surface area (TPSA) is 74.7 Å². The van der Waals surface area contributed by atoms with Crippen LogP contribution in [-0.4, -0.2) is 57.2 Å². The van der Waals surface area contributed by atoms with Gasteiger partial charge in [-0.15, -0.1) is 0 Å². The fourth-order valence-electron chi connectivity index (χ4n) is 3.57. The predicted molar refractivity (Wildman–Crippen MR) is 115 cm³/mol. The minimum absolute atomic E-state index is 0.430. The summed E-state index contributed by atoms with van der Waals surface area (Å²) in [6.07, 6.45) is 3.00. The fourth-order valence-corrected chi connectivity index (χ4v) is 3.57. The molecule has 3 aromatic heterocycles. The van der Waals surface area contributed by atoms with Crippen LogP contribution in [0.25, 0.3) is 5.78 Å². The van der Waals surface area contributed by atoms with Crippen molar-refractivity contribution < 1.29 is 13.2 Å². The first-order valence-corrected chi connectivity index (χ1v) is 10.1. The molecule has 5 rings (SSSR count). The molecule has 8 nitrogen and oxygen atoms in total. The molecule has 1 aromatic carbocycles. The van der Waals surface area contributed by atoms with E-state index in [1.54, 1.807) is 29.0 Å². The summed E-state index contributed by atoms with van der Waals surface area (Å²) in [6, 6.07) is 9.05. The molecule has 1 aliphatic heterocycles. The van der Waals surface area contributed by atoms with E-state index < -0.39 is 11.6 Å². The van der Waals surface area contributed by atoms with Gasteiger partial charge in [0.1, 0.15) is 29.5 Å². The van der Waals surface area contributed by atoms with Crippen molar-refractivity contribution in [3.8, 4) is 11.8 Å². The van der Waals surface area contributed by atoms with Gasteiger partial charge in [0.25, 0.3) is 5.78 Å².